The normalized spacial score (nSPS) is 10.0. The van der Waals surface area contributed by atoms with Crippen LogP contribution >= 0.6 is 27.5 Å². The first-order valence-corrected chi connectivity index (χ1v) is 6.39. The van der Waals surface area contributed by atoms with E-state index in [1.54, 1.807) is 6.92 Å². The summed E-state index contributed by atoms with van der Waals surface area (Å²) in [6, 6.07) is 2.03. The largest absolute Gasteiger partial charge is 0.325 e. The Morgan fingerprint density at radius 1 is 1.44 bits per heavy atom. The van der Waals surface area contributed by atoms with Gasteiger partial charge >= 0.3 is 6.03 Å². The monoisotopic (exact) mass is 336 g/mol. The number of rotatable bonds is 3. The van der Waals surface area contributed by atoms with Gasteiger partial charge in [-0.25, -0.2) is 9.18 Å². The lowest BCUT2D eigenvalue weighted by atomic mass is 10.2. The van der Waals surface area contributed by atoms with Crippen molar-refractivity contribution in [2.45, 2.75) is 13.3 Å². The molecule has 18 heavy (non-hydrogen) atoms. The van der Waals surface area contributed by atoms with E-state index in [1.165, 1.54) is 12.1 Å². The van der Waals surface area contributed by atoms with Crippen molar-refractivity contribution >= 4 is 45.2 Å². The summed E-state index contributed by atoms with van der Waals surface area (Å²) in [5.74, 6) is -0.752. The summed E-state index contributed by atoms with van der Waals surface area (Å²) in [5, 5.41) is 4.57. The van der Waals surface area contributed by atoms with Gasteiger partial charge in [0.2, 0.25) is 5.91 Å². The first-order valence-electron chi connectivity index (χ1n) is 5.06. The molecule has 0 radical (unpaired) electrons. The second kappa shape index (κ2) is 6.70. The fourth-order valence-electron chi connectivity index (χ4n) is 1.21. The summed E-state index contributed by atoms with van der Waals surface area (Å²) >= 11 is 8.38. The number of hydrogen-bond acceptors (Lipinski definition) is 2. The SMILES string of the molecule is Cc1cc(F)c(Br)cc1NC(=O)NC(=O)CCCl. The van der Waals surface area contributed by atoms with Gasteiger partial charge in [0, 0.05) is 18.0 Å². The molecule has 0 unspecified atom stereocenters. The summed E-state index contributed by atoms with van der Waals surface area (Å²) in [7, 11) is 0. The van der Waals surface area contributed by atoms with Crippen molar-refractivity contribution in [1.29, 1.82) is 0 Å². The van der Waals surface area contributed by atoms with Gasteiger partial charge in [-0.2, -0.15) is 0 Å². The summed E-state index contributed by atoms with van der Waals surface area (Å²) in [6.07, 6.45) is 0.0566. The van der Waals surface area contributed by atoms with Crippen LogP contribution in [0.1, 0.15) is 12.0 Å². The Morgan fingerprint density at radius 2 is 2.11 bits per heavy atom. The standard InChI is InChI=1S/C11H11BrClFN2O2/c1-6-4-8(14)7(12)5-9(6)15-11(18)16-10(17)2-3-13/h4-5H,2-3H2,1H3,(H2,15,16,17,18). The van der Waals surface area contributed by atoms with Crippen LogP contribution in [-0.4, -0.2) is 17.8 Å². The number of nitrogens with one attached hydrogen (secondary N) is 2. The van der Waals surface area contributed by atoms with E-state index in [0.717, 1.165) is 0 Å². The molecule has 0 saturated heterocycles. The van der Waals surface area contributed by atoms with Gasteiger partial charge in [0.15, 0.2) is 0 Å². The van der Waals surface area contributed by atoms with Gasteiger partial charge in [-0.1, -0.05) is 0 Å². The van der Waals surface area contributed by atoms with E-state index in [1.807, 2.05) is 0 Å². The van der Waals surface area contributed by atoms with Crippen molar-refractivity contribution in [3.63, 3.8) is 0 Å². The van der Waals surface area contributed by atoms with E-state index in [-0.39, 0.29) is 16.8 Å². The van der Waals surface area contributed by atoms with Gasteiger partial charge in [0.05, 0.1) is 4.47 Å². The molecule has 0 spiro atoms. The number of benzene rings is 1. The number of alkyl halides is 1. The molecule has 0 atom stereocenters. The zero-order valence-corrected chi connectivity index (χ0v) is 11.9. The van der Waals surface area contributed by atoms with Crippen molar-refractivity contribution in [3.8, 4) is 0 Å². The third-order valence-electron chi connectivity index (χ3n) is 2.09. The van der Waals surface area contributed by atoms with E-state index in [2.05, 4.69) is 26.6 Å². The van der Waals surface area contributed by atoms with Crippen LogP contribution in [-0.2, 0) is 4.79 Å². The molecular formula is C11H11BrClFN2O2. The van der Waals surface area contributed by atoms with Gasteiger partial charge < -0.3 is 5.32 Å². The highest BCUT2D eigenvalue weighted by Crippen LogP contribution is 2.24. The Hall–Kier alpha value is -1.14. The molecule has 2 N–H and O–H groups in total. The third-order valence-corrected chi connectivity index (χ3v) is 2.89. The van der Waals surface area contributed by atoms with E-state index < -0.39 is 17.8 Å². The molecule has 1 aromatic carbocycles. The van der Waals surface area contributed by atoms with Gasteiger partial charge in [-0.3, -0.25) is 10.1 Å². The lowest BCUT2D eigenvalue weighted by Gasteiger charge is -2.09. The first-order chi connectivity index (χ1) is 8.43. The highest BCUT2D eigenvalue weighted by atomic mass is 79.9. The van der Waals surface area contributed by atoms with Crippen LogP contribution in [0.15, 0.2) is 16.6 Å². The van der Waals surface area contributed by atoms with Crippen LogP contribution in [0.25, 0.3) is 0 Å². The van der Waals surface area contributed by atoms with Crippen LogP contribution in [0.3, 0.4) is 0 Å². The molecule has 1 aromatic rings. The number of hydrogen-bond donors (Lipinski definition) is 2. The van der Waals surface area contributed by atoms with Gasteiger partial charge in [0.25, 0.3) is 0 Å². The molecule has 3 amide bonds. The quantitative estimate of drug-likeness (QED) is 0.832. The lowest BCUT2D eigenvalue weighted by Crippen LogP contribution is -2.34. The first kappa shape index (κ1) is 14.9. The van der Waals surface area contributed by atoms with E-state index in [0.29, 0.717) is 11.3 Å². The average molecular weight is 338 g/mol. The molecule has 1 rings (SSSR count). The molecule has 0 aliphatic heterocycles. The number of carbonyl (C=O) groups is 2. The highest BCUT2D eigenvalue weighted by Gasteiger charge is 2.10. The van der Waals surface area contributed by atoms with Crippen molar-refractivity contribution < 1.29 is 14.0 Å². The number of halogens is 3. The molecule has 0 aromatic heterocycles. The van der Waals surface area contributed by atoms with Crippen molar-refractivity contribution in [2.75, 3.05) is 11.2 Å². The molecule has 0 fully saturated rings. The number of carbonyl (C=O) groups excluding carboxylic acids is 2. The van der Waals surface area contributed by atoms with Crippen molar-refractivity contribution in [2.24, 2.45) is 0 Å². The molecule has 0 aliphatic carbocycles. The average Bonchev–Trinajstić information content (AvgIpc) is 2.26. The summed E-state index contributed by atoms with van der Waals surface area (Å²) < 4.78 is 13.4. The zero-order valence-electron chi connectivity index (χ0n) is 9.52. The predicted molar refractivity (Wildman–Crippen MR) is 71.3 cm³/mol. The Bertz CT molecular complexity index is 482. The van der Waals surface area contributed by atoms with Crippen LogP contribution in [0.2, 0.25) is 0 Å². The number of anilines is 1. The van der Waals surface area contributed by atoms with E-state index in [4.69, 9.17) is 11.6 Å². The molecule has 0 heterocycles. The number of imide groups is 1. The van der Waals surface area contributed by atoms with Gasteiger partial charge in [-0.05, 0) is 40.5 Å². The second-order valence-electron chi connectivity index (χ2n) is 3.52. The smallest absolute Gasteiger partial charge is 0.307 e. The summed E-state index contributed by atoms with van der Waals surface area (Å²) in [4.78, 5) is 22.6. The van der Waals surface area contributed by atoms with Crippen molar-refractivity contribution in [3.05, 3.63) is 28.0 Å². The highest BCUT2D eigenvalue weighted by molar-refractivity contribution is 9.10. The molecule has 7 heteroatoms. The van der Waals surface area contributed by atoms with Crippen LogP contribution in [0.5, 0.6) is 0 Å². The molecule has 0 saturated carbocycles. The maximum absolute atomic E-state index is 13.2. The summed E-state index contributed by atoms with van der Waals surface area (Å²) in [6.45, 7) is 1.64. The minimum Gasteiger partial charge on any atom is -0.307 e. The fraction of sp³-hybridized carbons (Fsp3) is 0.273. The molecular weight excluding hydrogens is 326 g/mol. The maximum Gasteiger partial charge on any atom is 0.325 e. The maximum atomic E-state index is 13.2. The fourth-order valence-corrected chi connectivity index (χ4v) is 1.72. The van der Waals surface area contributed by atoms with Gasteiger partial charge in [-0.15, -0.1) is 11.6 Å². The van der Waals surface area contributed by atoms with E-state index >= 15 is 0 Å². The minimum absolute atomic E-state index is 0.0566. The van der Waals surface area contributed by atoms with Crippen molar-refractivity contribution in [1.82, 2.24) is 5.32 Å². The Morgan fingerprint density at radius 3 is 2.72 bits per heavy atom. The zero-order chi connectivity index (χ0) is 13.7. The number of urea groups is 1. The third kappa shape index (κ3) is 4.27. The number of aryl methyl sites for hydroxylation is 1. The Kier molecular flexibility index (Phi) is 5.55. The predicted octanol–water partition coefficient (Wildman–Crippen LogP) is 3.17. The topological polar surface area (TPSA) is 58.2 Å². The van der Waals surface area contributed by atoms with Crippen LogP contribution in [0.4, 0.5) is 14.9 Å². The Balaban J connectivity index is 2.70. The van der Waals surface area contributed by atoms with E-state index in [9.17, 15) is 14.0 Å². The Labute approximate surface area is 117 Å². The number of amides is 3. The van der Waals surface area contributed by atoms with Gasteiger partial charge in [0.1, 0.15) is 5.82 Å². The molecule has 0 bridgehead atoms. The minimum atomic E-state index is -0.674. The molecule has 0 aliphatic rings. The summed E-state index contributed by atoms with van der Waals surface area (Å²) in [5.41, 5.74) is 0.968. The second-order valence-corrected chi connectivity index (χ2v) is 4.75. The molecule has 4 nitrogen and oxygen atoms in total. The van der Waals surface area contributed by atoms with Crippen LogP contribution < -0.4 is 10.6 Å². The lowest BCUT2D eigenvalue weighted by molar-refractivity contribution is -0.119. The molecule has 98 valence electrons. The van der Waals surface area contributed by atoms with Crippen LogP contribution in [0, 0.1) is 12.7 Å².